The summed E-state index contributed by atoms with van der Waals surface area (Å²) in [4.78, 5) is 11.5. The highest BCUT2D eigenvalue weighted by molar-refractivity contribution is 9.10. The molecule has 1 aliphatic heterocycles. The molecule has 1 aromatic rings. The molecule has 1 heterocycles. The Morgan fingerprint density at radius 3 is 3.08 bits per heavy atom. The molecular formula is C9H7BrClNO. The first-order valence-corrected chi connectivity index (χ1v) is 5.20. The Morgan fingerprint density at radius 1 is 1.54 bits per heavy atom. The lowest BCUT2D eigenvalue weighted by atomic mass is 10.0. The number of anilines is 1. The van der Waals surface area contributed by atoms with Gasteiger partial charge in [-0.15, -0.1) is 0 Å². The zero-order valence-electron chi connectivity index (χ0n) is 6.68. The van der Waals surface area contributed by atoms with E-state index in [1.165, 1.54) is 0 Å². The first kappa shape index (κ1) is 9.03. The van der Waals surface area contributed by atoms with Crippen LogP contribution in [0, 0.1) is 0 Å². The van der Waals surface area contributed by atoms with Crippen molar-refractivity contribution in [2.75, 3.05) is 11.9 Å². The number of para-hydroxylation sites is 1. The van der Waals surface area contributed by atoms with E-state index in [1.54, 1.807) is 18.2 Å². The zero-order chi connectivity index (χ0) is 9.42. The van der Waals surface area contributed by atoms with E-state index in [1.807, 2.05) is 0 Å². The molecule has 2 rings (SSSR count). The maximum absolute atomic E-state index is 11.6. The van der Waals surface area contributed by atoms with Crippen LogP contribution in [0.25, 0.3) is 0 Å². The summed E-state index contributed by atoms with van der Waals surface area (Å²) >= 11 is 9.22. The minimum absolute atomic E-state index is 0.0938. The quantitative estimate of drug-likeness (QED) is 0.727. The van der Waals surface area contributed by atoms with Gasteiger partial charge in [0.2, 0.25) is 0 Å². The molecular weight excluding hydrogens is 253 g/mol. The van der Waals surface area contributed by atoms with Gasteiger partial charge >= 0.3 is 0 Å². The molecule has 68 valence electrons. The van der Waals surface area contributed by atoms with Gasteiger partial charge in [0, 0.05) is 12.1 Å². The molecule has 1 N–H and O–H groups in total. The molecule has 0 spiro atoms. The van der Waals surface area contributed by atoms with Crippen LogP contribution in [-0.4, -0.2) is 17.2 Å². The standard InChI is InChI=1S/C9H7BrClNO/c10-6-4-12-8-5(9(6)13)2-1-3-7(8)11/h1-3,6,12H,4H2. The number of ketones is 1. The molecule has 4 heteroatoms. The number of halogens is 2. The summed E-state index contributed by atoms with van der Waals surface area (Å²) in [6, 6.07) is 5.34. The fourth-order valence-electron chi connectivity index (χ4n) is 1.36. The monoisotopic (exact) mass is 259 g/mol. The fourth-order valence-corrected chi connectivity index (χ4v) is 2.01. The first-order chi connectivity index (χ1) is 6.20. The Bertz CT molecular complexity index is 367. The molecule has 1 aliphatic rings. The van der Waals surface area contributed by atoms with Crippen LogP contribution in [0.15, 0.2) is 18.2 Å². The third-order valence-electron chi connectivity index (χ3n) is 2.02. The lowest BCUT2D eigenvalue weighted by Crippen LogP contribution is -2.29. The van der Waals surface area contributed by atoms with Gasteiger partial charge in [0.05, 0.1) is 15.5 Å². The zero-order valence-corrected chi connectivity index (χ0v) is 9.02. The number of hydrogen-bond acceptors (Lipinski definition) is 2. The van der Waals surface area contributed by atoms with Crippen LogP contribution >= 0.6 is 27.5 Å². The molecule has 0 fully saturated rings. The minimum Gasteiger partial charge on any atom is -0.382 e. The number of Topliss-reactive ketones (excluding diaryl/α,β-unsaturated/α-hetero) is 1. The highest BCUT2D eigenvalue weighted by Crippen LogP contribution is 2.31. The van der Waals surface area contributed by atoms with Gasteiger partial charge in [-0.1, -0.05) is 33.6 Å². The average Bonchev–Trinajstić information content (AvgIpc) is 2.12. The molecule has 0 bridgehead atoms. The number of rotatable bonds is 0. The number of nitrogens with one attached hydrogen (secondary N) is 1. The van der Waals surface area contributed by atoms with E-state index in [-0.39, 0.29) is 10.6 Å². The van der Waals surface area contributed by atoms with Crippen molar-refractivity contribution in [3.8, 4) is 0 Å². The Labute approximate surface area is 89.4 Å². The number of alkyl halides is 1. The topological polar surface area (TPSA) is 29.1 Å². The van der Waals surface area contributed by atoms with Crippen molar-refractivity contribution in [3.05, 3.63) is 28.8 Å². The largest absolute Gasteiger partial charge is 0.382 e. The smallest absolute Gasteiger partial charge is 0.180 e. The molecule has 0 aromatic heterocycles. The predicted octanol–water partition coefficient (Wildman–Crippen LogP) is 2.71. The number of carbonyl (C=O) groups excluding carboxylic acids is 1. The number of fused-ring (bicyclic) bond motifs is 1. The van der Waals surface area contributed by atoms with Crippen LogP contribution in [-0.2, 0) is 0 Å². The SMILES string of the molecule is O=C1c2cccc(Cl)c2NCC1Br. The summed E-state index contributed by atoms with van der Waals surface area (Å²) in [5.41, 5.74) is 1.42. The molecule has 13 heavy (non-hydrogen) atoms. The van der Waals surface area contributed by atoms with Gasteiger partial charge in [-0.05, 0) is 12.1 Å². The van der Waals surface area contributed by atoms with Gasteiger partial charge in [-0.3, -0.25) is 4.79 Å². The summed E-state index contributed by atoms with van der Waals surface area (Å²) in [5, 5.41) is 3.71. The van der Waals surface area contributed by atoms with Crippen LogP contribution in [0.2, 0.25) is 5.02 Å². The second-order valence-electron chi connectivity index (χ2n) is 2.88. The highest BCUT2D eigenvalue weighted by atomic mass is 79.9. The van der Waals surface area contributed by atoms with E-state index in [0.717, 1.165) is 5.69 Å². The number of hydrogen-bond donors (Lipinski definition) is 1. The number of carbonyl (C=O) groups is 1. The van der Waals surface area contributed by atoms with Crippen LogP contribution in [0.1, 0.15) is 10.4 Å². The summed E-state index contributed by atoms with van der Waals surface area (Å²) in [7, 11) is 0. The van der Waals surface area contributed by atoms with Gasteiger partial charge < -0.3 is 5.32 Å². The van der Waals surface area contributed by atoms with Crippen molar-refractivity contribution in [2.24, 2.45) is 0 Å². The van der Waals surface area contributed by atoms with Gasteiger partial charge in [0.25, 0.3) is 0 Å². The highest BCUT2D eigenvalue weighted by Gasteiger charge is 2.25. The molecule has 0 amide bonds. The van der Waals surface area contributed by atoms with Crippen LogP contribution in [0.3, 0.4) is 0 Å². The van der Waals surface area contributed by atoms with Crippen LogP contribution in [0.4, 0.5) is 5.69 Å². The molecule has 1 unspecified atom stereocenters. The van der Waals surface area contributed by atoms with E-state index in [4.69, 9.17) is 11.6 Å². The molecule has 0 saturated heterocycles. The van der Waals surface area contributed by atoms with Gasteiger partial charge in [-0.25, -0.2) is 0 Å². The van der Waals surface area contributed by atoms with Crippen molar-refractivity contribution in [1.82, 2.24) is 0 Å². The van der Waals surface area contributed by atoms with E-state index < -0.39 is 0 Å². The molecule has 2 nitrogen and oxygen atoms in total. The molecule has 0 saturated carbocycles. The average molecular weight is 261 g/mol. The van der Waals surface area contributed by atoms with Crippen LogP contribution < -0.4 is 5.32 Å². The lowest BCUT2D eigenvalue weighted by molar-refractivity contribution is 0.0992. The van der Waals surface area contributed by atoms with E-state index >= 15 is 0 Å². The van der Waals surface area contributed by atoms with Crippen molar-refractivity contribution in [3.63, 3.8) is 0 Å². The van der Waals surface area contributed by atoms with Crippen LogP contribution in [0.5, 0.6) is 0 Å². The maximum atomic E-state index is 11.6. The Kier molecular flexibility index (Phi) is 2.30. The lowest BCUT2D eigenvalue weighted by Gasteiger charge is -2.21. The molecule has 1 aromatic carbocycles. The maximum Gasteiger partial charge on any atom is 0.180 e. The molecule has 1 atom stereocenters. The van der Waals surface area contributed by atoms with Gasteiger partial charge in [0.1, 0.15) is 0 Å². The van der Waals surface area contributed by atoms with E-state index in [9.17, 15) is 4.79 Å². The Morgan fingerprint density at radius 2 is 2.31 bits per heavy atom. The molecule has 0 aliphatic carbocycles. The summed E-state index contributed by atoms with van der Waals surface area (Å²) in [6.07, 6.45) is 0. The van der Waals surface area contributed by atoms with Crippen molar-refractivity contribution in [1.29, 1.82) is 0 Å². The van der Waals surface area contributed by atoms with Gasteiger partial charge in [-0.2, -0.15) is 0 Å². The third-order valence-corrected chi connectivity index (χ3v) is 3.08. The summed E-state index contributed by atoms with van der Waals surface area (Å²) < 4.78 is 0. The second-order valence-corrected chi connectivity index (χ2v) is 4.39. The minimum atomic E-state index is -0.140. The third kappa shape index (κ3) is 1.46. The van der Waals surface area contributed by atoms with E-state index in [2.05, 4.69) is 21.2 Å². The Hall–Kier alpha value is -0.540. The normalized spacial score (nSPS) is 20.8. The fraction of sp³-hybridized carbons (Fsp3) is 0.222. The predicted molar refractivity (Wildman–Crippen MR) is 57.0 cm³/mol. The Balaban J connectivity index is 2.55. The summed E-state index contributed by atoms with van der Waals surface area (Å²) in [6.45, 7) is 0.593. The van der Waals surface area contributed by atoms with E-state index in [0.29, 0.717) is 17.1 Å². The first-order valence-electron chi connectivity index (χ1n) is 3.91. The van der Waals surface area contributed by atoms with Crippen molar-refractivity contribution in [2.45, 2.75) is 4.83 Å². The van der Waals surface area contributed by atoms with Crippen molar-refractivity contribution >= 4 is 39.0 Å². The van der Waals surface area contributed by atoms with Gasteiger partial charge in [0.15, 0.2) is 5.78 Å². The number of benzene rings is 1. The van der Waals surface area contributed by atoms with Crippen molar-refractivity contribution < 1.29 is 4.79 Å². The summed E-state index contributed by atoms with van der Waals surface area (Å²) in [5.74, 6) is 0.0938. The molecule has 0 radical (unpaired) electrons. The second kappa shape index (κ2) is 3.31.